The third-order valence-corrected chi connectivity index (χ3v) is 3.32. The Morgan fingerprint density at radius 3 is 2.70 bits per heavy atom. The van der Waals surface area contributed by atoms with Crippen molar-refractivity contribution >= 4 is 29.4 Å². The lowest BCUT2D eigenvalue weighted by molar-refractivity contribution is -0.128. The molecule has 0 aliphatic carbocycles. The Hall–Kier alpha value is -3.16. The molecule has 1 aliphatic rings. The van der Waals surface area contributed by atoms with Gasteiger partial charge in [0.15, 0.2) is 5.82 Å². The Morgan fingerprint density at radius 2 is 2.04 bits per heavy atom. The number of imide groups is 1. The summed E-state index contributed by atoms with van der Waals surface area (Å²) in [5.74, 6) is -0.157. The zero-order valence-corrected chi connectivity index (χ0v) is 12.4. The Kier molecular flexibility index (Phi) is 3.80. The number of hydrogen-bond donors (Lipinski definition) is 1. The molecule has 4 amide bonds. The van der Waals surface area contributed by atoms with E-state index in [2.05, 4.69) is 10.5 Å². The second-order valence-corrected chi connectivity index (χ2v) is 5.06. The first-order chi connectivity index (χ1) is 11.0. The molecule has 0 atom stereocenters. The third kappa shape index (κ3) is 3.05. The summed E-state index contributed by atoms with van der Waals surface area (Å²) in [4.78, 5) is 38.5. The molecule has 0 radical (unpaired) electrons. The van der Waals surface area contributed by atoms with Gasteiger partial charge in [0.05, 0.1) is 0 Å². The number of carbonyl (C=O) groups is 3. The number of aryl methyl sites for hydroxylation is 1. The number of aromatic nitrogens is 1. The zero-order valence-electron chi connectivity index (χ0n) is 12.4. The first kappa shape index (κ1) is 14.8. The van der Waals surface area contributed by atoms with Crippen LogP contribution in [0.2, 0.25) is 0 Å². The number of hydrogen-bond acceptors (Lipinski definition) is 5. The van der Waals surface area contributed by atoms with Crippen molar-refractivity contribution in [3.8, 4) is 0 Å². The normalized spacial score (nSPS) is 14.5. The number of urea groups is 1. The van der Waals surface area contributed by atoms with Gasteiger partial charge < -0.3 is 9.84 Å². The molecule has 3 rings (SSSR count). The topological polar surface area (TPSA) is 95.8 Å². The van der Waals surface area contributed by atoms with Gasteiger partial charge >= 0.3 is 6.03 Å². The van der Waals surface area contributed by atoms with E-state index >= 15 is 0 Å². The largest absolute Gasteiger partial charge is 0.360 e. The molecule has 0 saturated carbocycles. The minimum Gasteiger partial charge on any atom is -0.360 e. The van der Waals surface area contributed by atoms with Crippen molar-refractivity contribution in [2.45, 2.75) is 6.92 Å². The summed E-state index contributed by atoms with van der Waals surface area (Å²) in [6.45, 7) is 1.24. The molecule has 118 valence electrons. The fourth-order valence-electron chi connectivity index (χ4n) is 2.26. The van der Waals surface area contributed by atoms with Gasteiger partial charge in [0.25, 0.3) is 5.91 Å². The lowest BCUT2D eigenvalue weighted by Crippen LogP contribution is -2.39. The Labute approximate surface area is 131 Å². The van der Waals surface area contributed by atoms with E-state index in [1.165, 1.54) is 4.90 Å². The molecule has 0 unspecified atom stereocenters. The highest BCUT2D eigenvalue weighted by molar-refractivity contribution is 6.14. The lowest BCUT2D eigenvalue weighted by atomic mass is 10.3. The van der Waals surface area contributed by atoms with E-state index in [0.717, 1.165) is 4.90 Å². The average Bonchev–Trinajstić information content (AvgIpc) is 3.06. The van der Waals surface area contributed by atoms with Gasteiger partial charge in [0.2, 0.25) is 5.91 Å². The molecule has 23 heavy (non-hydrogen) atoms. The van der Waals surface area contributed by atoms with Crippen LogP contribution in [0.3, 0.4) is 0 Å². The molecule has 8 heteroatoms. The van der Waals surface area contributed by atoms with E-state index < -0.39 is 17.8 Å². The molecule has 2 heterocycles. The number of anilines is 2. The van der Waals surface area contributed by atoms with Gasteiger partial charge in [0.1, 0.15) is 18.8 Å². The van der Waals surface area contributed by atoms with E-state index in [-0.39, 0.29) is 18.9 Å². The Balaban J connectivity index is 1.67. The van der Waals surface area contributed by atoms with Crippen molar-refractivity contribution in [1.29, 1.82) is 0 Å². The molecular formula is C15H14N4O4. The van der Waals surface area contributed by atoms with Crippen LogP contribution in [0.1, 0.15) is 5.76 Å². The molecule has 1 saturated heterocycles. The van der Waals surface area contributed by atoms with Crippen LogP contribution < -0.4 is 10.2 Å². The highest BCUT2D eigenvalue weighted by Crippen LogP contribution is 2.20. The summed E-state index contributed by atoms with van der Waals surface area (Å²) in [6.07, 6.45) is 0. The summed E-state index contributed by atoms with van der Waals surface area (Å²) in [6, 6.07) is 9.84. The van der Waals surface area contributed by atoms with Crippen LogP contribution in [-0.4, -0.2) is 41.0 Å². The van der Waals surface area contributed by atoms with E-state index in [4.69, 9.17) is 4.52 Å². The number of rotatable bonds is 4. The van der Waals surface area contributed by atoms with Crippen LogP contribution in [0, 0.1) is 6.92 Å². The van der Waals surface area contributed by atoms with Crippen LogP contribution in [0.25, 0.3) is 0 Å². The molecule has 1 fully saturated rings. The van der Waals surface area contributed by atoms with Crippen molar-refractivity contribution in [1.82, 2.24) is 10.1 Å². The molecule has 1 aromatic heterocycles. The molecule has 0 bridgehead atoms. The van der Waals surface area contributed by atoms with Crippen molar-refractivity contribution in [2.24, 2.45) is 0 Å². The molecule has 1 aromatic carbocycles. The van der Waals surface area contributed by atoms with Crippen molar-refractivity contribution in [3.05, 3.63) is 42.2 Å². The minimum atomic E-state index is -0.521. The number of nitrogens with one attached hydrogen (secondary N) is 1. The van der Waals surface area contributed by atoms with Crippen molar-refractivity contribution in [3.63, 3.8) is 0 Å². The van der Waals surface area contributed by atoms with E-state index in [0.29, 0.717) is 11.4 Å². The second kappa shape index (κ2) is 5.91. The number of carbonyl (C=O) groups excluding carboxylic acids is 3. The molecule has 2 aromatic rings. The number of para-hydroxylation sites is 1. The van der Waals surface area contributed by atoms with Gasteiger partial charge in [-0.1, -0.05) is 23.4 Å². The average molecular weight is 314 g/mol. The van der Waals surface area contributed by atoms with Crippen LogP contribution in [0.15, 0.2) is 40.9 Å². The predicted molar refractivity (Wildman–Crippen MR) is 80.8 cm³/mol. The first-order valence-corrected chi connectivity index (χ1v) is 6.94. The third-order valence-electron chi connectivity index (χ3n) is 3.32. The number of nitrogens with zero attached hydrogens (tertiary/aromatic N) is 3. The lowest BCUT2D eigenvalue weighted by Gasteiger charge is -2.16. The highest BCUT2D eigenvalue weighted by atomic mass is 16.5. The quantitative estimate of drug-likeness (QED) is 0.860. The Bertz CT molecular complexity index is 756. The summed E-state index contributed by atoms with van der Waals surface area (Å²) in [5.41, 5.74) is 0.612. The number of amides is 4. The van der Waals surface area contributed by atoms with E-state index in [1.54, 1.807) is 37.3 Å². The maximum Gasteiger partial charge on any atom is 0.332 e. The van der Waals surface area contributed by atoms with E-state index in [9.17, 15) is 14.4 Å². The SMILES string of the molecule is Cc1cc(NC(=O)CN2C(=O)CN(c3ccccc3)C2=O)no1. The van der Waals surface area contributed by atoms with Gasteiger partial charge in [0, 0.05) is 11.8 Å². The molecular weight excluding hydrogens is 300 g/mol. The maximum atomic E-state index is 12.3. The zero-order chi connectivity index (χ0) is 16.4. The fourth-order valence-corrected chi connectivity index (χ4v) is 2.26. The fraction of sp³-hybridized carbons (Fsp3) is 0.200. The second-order valence-electron chi connectivity index (χ2n) is 5.06. The molecule has 0 spiro atoms. The summed E-state index contributed by atoms with van der Waals surface area (Å²) >= 11 is 0. The number of benzene rings is 1. The van der Waals surface area contributed by atoms with Crippen molar-refractivity contribution in [2.75, 3.05) is 23.3 Å². The first-order valence-electron chi connectivity index (χ1n) is 6.94. The monoisotopic (exact) mass is 314 g/mol. The van der Waals surface area contributed by atoms with Crippen molar-refractivity contribution < 1.29 is 18.9 Å². The molecule has 1 N–H and O–H groups in total. The molecule has 8 nitrogen and oxygen atoms in total. The van der Waals surface area contributed by atoms with Gasteiger partial charge in [-0.3, -0.25) is 19.4 Å². The van der Waals surface area contributed by atoms with Crippen LogP contribution in [0.5, 0.6) is 0 Å². The summed E-state index contributed by atoms with van der Waals surface area (Å²) < 4.78 is 4.83. The standard InChI is InChI=1S/C15H14N4O4/c1-10-7-12(17-23-10)16-13(20)8-19-14(21)9-18(15(19)22)11-5-3-2-4-6-11/h2-7H,8-9H2,1H3,(H,16,17,20). The van der Waals surface area contributed by atoms with Crippen LogP contribution in [-0.2, 0) is 9.59 Å². The van der Waals surface area contributed by atoms with Crippen LogP contribution >= 0.6 is 0 Å². The smallest absolute Gasteiger partial charge is 0.332 e. The van der Waals surface area contributed by atoms with Gasteiger partial charge in [-0.2, -0.15) is 0 Å². The molecule has 1 aliphatic heterocycles. The highest BCUT2D eigenvalue weighted by Gasteiger charge is 2.37. The Morgan fingerprint density at radius 1 is 1.30 bits per heavy atom. The van der Waals surface area contributed by atoms with Crippen LogP contribution in [0.4, 0.5) is 16.3 Å². The van der Waals surface area contributed by atoms with Gasteiger partial charge in [-0.15, -0.1) is 0 Å². The summed E-state index contributed by atoms with van der Waals surface area (Å²) in [5, 5.41) is 6.10. The maximum absolute atomic E-state index is 12.3. The predicted octanol–water partition coefficient (Wildman–Crippen LogP) is 1.39. The van der Waals surface area contributed by atoms with Gasteiger partial charge in [-0.05, 0) is 19.1 Å². The summed E-state index contributed by atoms with van der Waals surface area (Å²) in [7, 11) is 0. The van der Waals surface area contributed by atoms with Gasteiger partial charge in [-0.25, -0.2) is 4.79 Å². The minimum absolute atomic E-state index is 0.0841. The van der Waals surface area contributed by atoms with E-state index in [1.807, 2.05) is 6.07 Å².